The molecule has 4 saturated carbocycles. The van der Waals surface area contributed by atoms with Crippen LogP contribution in [-0.2, 0) is 9.63 Å². The van der Waals surface area contributed by atoms with Gasteiger partial charge in [0, 0.05) is 12.1 Å². The first-order valence-corrected chi connectivity index (χ1v) is 10.2. The number of oxime groups is 1. The molecule has 0 heterocycles. The SMILES string of the molecule is COc1ccc(OC)c(/C=N\OCC(=O)NCC23CC4CC(CC(C4)C2)C3)c1. The molecule has 1 aromatic carbocycles. The van der Waals surface area contributed by atoms with Crippen molar-refractivity contribution in [1.82, 2.24) is 5.32 Å². The third-order valence-electron chi connectivity index (χ3n) is 6.72. The Morgan fingerprint density at radius 1 is 1.14 bits per heavy atom. The van der Waals surface area contributed by atoms with Crippen LogP contribution in [0.25, 0.3) is 0 Å². The zero-order valence-corrected chi connectivity index (χ0v) is 16.8. The van der Waals surface area contributed by atoms with Gasteiger partial charge in [0.2, 0.25) is 0 Å². The lowest BCUT2D eigenvalue weighted by Gasteiger charge is -2.56. The van der Waals surface area contributed by atoms with E-state index in [4.69, 9.17) is 14.3 Å². The van der Waals surface area contributed by atoms with Gasteiger partial charge in [-0.2, -0.15) is 0 Å². The topological polar surface area (TPSA) is 69.1 Å². The molecule has 152 valence electrons. The van der Waals surface area contributed by atoms with E-state index >= 15 is 0 Å². The van der Waals surface area contributed by atoms with Gasteiger partial charge in [-0.15, -0.1) is 0 Å². The highest BCUT2D eigenvalue weighted by Crippen LogP contribution is 2.59. The molecule has 4 aliphatic carbocycles. The van der Waals surface area contributed by atoms with E-state index in [0.29, 0.717) is 16.9 Å². The number of rotatable bonds is 8. The van der Waals surface area contributed by atoms with Crippen molar-refractivity contribution in [3.05, 3.63) is 23.8 Å². The first kappa shape index (κ1) is 19.1. The molecule has 1 N–H and O–H groups in total. The van der Waals surface area contributed by atoms with E-state index in [1.807, 2.05) is 6.07 Å². The highest BCUT2D eigenvalue weighted by molar-refractivity contribution is 5.84. The molecule has 5 rings (SSSR count). The van der Waals surface area contributed by atoms with Crippen molar-refractivity contribution in [3.63, 3.8) is 0 Å². The third-order valence-corrected chi connectivity index (χ3v) is 6.72. The van der Waals surface area contributed by atoms with Crippen molar-refractivity contribution in [2.45, 2.75) is 38.5 Å². The van der Waals surface area contributed by atoms with Crippen LogP contribution in [0.15, 0.2) is 23.4 Å². The summed E-state index contributed by atoms with van der Waals surface area (Å²) in [5.74, 6) is 3.94. The Bertz CT molecular complexity index is 711. The minimum atomic E-state index is -0.106. The third kappa shape index (κ3) is 4.10. The van der Waals surface area contributed by atoms with Gasteiger partial charge in [0.15, 0.2) is 6.61 Å². The van der Waals surface area contributed by atoms with Crippen molar-refractivity contribution in [3.8, 4) is 11.5 Å². The van der Waals surface area contributed by atoms with Crippen LogP contribution in [0.1, 0.15) is 44.1 Å². The van der Waals surface area contributed by atoms with E-state index in [9.17, 15) is 4.79 Å². The fourth-order valence-electron chi connectivity index (χ4n) is 5.97. The number of methoxy groups -OCH3 is 2. The summed E-state index contributed by atoms with van der Waals surface area (Å²) in [6.07, 6.45) is 9.64. The lowest BCUT2D eigenvalue weighted by Crippen LogP contribution is -2.51. The molecule has 1 amide bonds. The van der Waals surface area contributed by atoms with E-state index in [1.165, 1.54) is 44.7 Å². The summed E-state index contributed by atoms with van der Waals surface area (Å²) in [4.78, 5) is 17.4. The summed E-state index contributed by atoms with van der Waals surface area (Å²) in [5.41, 5.74) is 1.07. The molecular weight excluding hydrogens is 356 g/mol. The fraction of sp³-hybridized carbons (Fsp3) is 0.636. The summed E-state index contributed by atoms with van der Waals surface area (Å²) < 4.78 is 10.5. The summed E-state index contributed by atoms with van der Waals surface area (Å²) in [6.45, 7) is 0.710. The summed E-state index contributed by atoms with van der Waals surface area (Å²) >= 11 is 0. The predicted octanol–water partition coefficient (Wildman–Crippen LogP) is 3.39. The Labute approximate surface area is 166 Å². The lowest BCUT2D eigenvalue weighted by molar-refractivity contribution is -0.127. The second-order valence-corrected chi connectivity index (χ2v) is 8.81. The average Bonchev–Trinajstić information content (AvgIpc) is 2.68. The van der Waals surface area contributed by atoms with Crippen LogP contribution in [0.3, 0.4) is 0 Å². The molecule has 4 bridgehead atoms. The van der Waals surface area contributed by atoms with Crippen LogP contribution < -0.4 is 14.8 Å². The first-order chi connectivity index (χ1) is 13.6. The molecule has 0 aliphatic heterocycles. The van der Waals surface area contributed by atoms with E-state index in [0.717, 1.165) is 29.9 Å². The highest BCUT2D eigenvalue weighted by atomic mass is 16.6. The number of hydrogen-bond acceptors (Lipinski definition) is 5. The molecule has 4 aliphatic rings. The second kappa shape index (κ2) is 8.02. The molecule has 0 saturated heterocycles. The van der Waals surface area contributed by atoms with Gasteiger partial charge in [-0.1, -0.05) is 5.16 Å². The van der Waals surface area contributed by atoms with Crippen molar-refractivity contribution in [1.29, 1.82) is 0 Å². The Hall–Kier alpha value is -2.24. The second-order valence-electron chi connectivity index (χ2n) is 8.81. The van der Waals surface area contributed by atoms with Crippen LogP contribution in [0, 0.1) is 23.2 Å². The number of nitrogens with zero attached hydrogens (tertiary/aromatic N) is 1. The number of ether oxygens (including phenoxy) is 2. The van der Waals surface area contributed by atoms with Crippen molar-refractivity contribution in [2.24, 2.45) is 28.3 Å². The Morgan fingerprint density at radius 2 is 1.82 bits per heavy atom. The van der Waals surface area contributed by atoms with Crippen molar-refractivity contribution >= 4 is 12.1 Å². The molecule has 0 spiro atoms. The lowest BCUT2D eigenvalue weighted by atomic mass is 9.49. The zero-order chi connectivity index (χ0) is 19.6. The molecule has 0 unspecified atom stereocenters. The number of carbonyl (C=O) groups excluding carboxylic acids is 1. The van der Waals surface area contributed by atoms with E-state index < -0.39 is 0 Å². The number of amides is 1. The molecule has 0 atom stereocenters. The fourth-order valence-corrected chi connectivity index (χ4v) is 5.97. The maximum atomic E-state index is 12.2. The van der Waals surface area contributed by atoms with E-state index in [1.54, 1.807) is 26.4 Å². The quantitative estimate of drug-likeness (QED) is 0.549. The normalized spacial score (nSPS) is 30.4. The Morgan fingerprint density at radius 3 is 2.43 bits per heavy atom. The van der Waals surface area contributed by atoms with Crippen LogP contribution in [0.5, 0.6) is 11.5 Å². The number of benzene rings is 1. The molecule has 4 fully saturated rings. The summed E-state index contributed by atoms with van der Waals surface area (Å²) in [7, 11) is 3.20. The Balaban J connectivity index is 1.25. The maximum absolute atomic E-state index is 12.2. The molecule has 0 aromatic heterocycles. The molecule has 1 aromatic rings. The smallest absolute Gasteiger partial charge is 0.260 e. The van der Waals surface area contributed by atoms with Crippen molar-refractivity contribution in [2.75, 3.05) is 27.4 Å². The van der Waals surface area contributed by atoms with Crippen LogP contribution in [0.2, 0.25) is 0 Å². The predicted molar refractivity (Wildman–Crippen MR) is 107 cm³/mol. The average molecular weight is 386 g/mol. The van der Waals surface area contributed by atoms with Gasteiger partial charge in [-0.05, 0) is 79.9 Å². The van der Waals surface area contributed by atoms with Crippen LogP contribution in [-0.4, -0.2) is 39.5 Å². The zero-order valence-electron chi connectivity index (χ0n) is 16.8. The maximum Gasteiger partial charge on any atom is 0.260 e. The minimum absolute atomic E-state index is 0.0743. The summed E-state index contributed by atoms with van der Waals surface area (Å²) in [6, 6.07) is 5.42. The van der Waals surface area contributed by atoms with Gasteiger partial charge in [-0.3, -0.25) is 4.79 Å². The standard InChI is InChI=1S/C22H30N2O4/c1-26-19-3-4-20(27-2)18(8-19)12-24-28-13-21(25)23-14-22-9-15-5-16(10-22)7-17(6-15)11-22/h3-4,8,12,15-17H,5-7,9-11,13-14H2,1-2H3,(H,23,25)/b24-12-. The number of hydrogen-bond donors (Lipinski definition) is 1. The molecular formula is C22H30N2O4. The molecule has 6 nitrogen and oxygen atoms in total. The Kier molecular flexibility index (Phi) is 5.47. The molecule has 28 heavy (non-hydrogen) atoms. The molecule has 6 heteroatoms. The van der Waals surface area contributed by atoms with Crippen LogP contribution >= 0.6 is 0 Å². The van der Waals surface area contributed by atoms with Crippen LogP contribution in [0.4, 0.5) is 0 Å². The van der Waals surface area contributed by atoms with Gasteiger partial charge in [0.25, 0.3) is 5.91 Å². The van der Waals surface area contributed by atoms with Crippen molar-refractivity contribution < 1.29 is 19.1 Å². The first-order valence-electron chi connectivity index (χ1n) is 10.2. The van der Waals surface area contributed by atoms with Gasteiger partial charge in [0.05, 0.1) is 20.4 Å². The van der Waals surface area contributed by atoms with E-state index in [2.05, 4.69) is 10.5 Å². The molecule has 0 radical (unpaired) electrons. The summed E-state index contributed by atoms with van der Waals surface area (Å²) in [5, 5.41) is 7.02. The monoisotopic (exact) mass is 386 g/mol. The van der Waals surface area contributed by atoms with E-state index in [-0.39, 0.29) is 12.5 Å². The number of carbonyl (C=O) groups is 1. The van der Waals surface area contributed by atoms with Gasteiger partial charge < -0.3 is 19.6 Å². The van der Waals surface area contributed by atoms with Gasteiger partial charge in [0.1, 0.15) is 11.5 Å². The van der Waals surface area contributed by atoms with Gasteiger partial charge in [-0.25, -0.2) is 0 Å². The van der Waals surface area contributed by atoms with Gasteiger partial charge >= 0.3 is 0 Å². The number of nitrogens with one attached hydrogen (secondary N) is 1. The highest BCUT2D eigenvalue weighted by Gasteiger charge is 2.50. The minimum Gasteiger partial charge on any atom is -0.497 e. The largest absolute Gasteiger partial charge is 0.497 e.